The Balaban J connectivity index is 1.99. The standard InChI is InChI=1S/C18H26N6O3/c1-10(2)17-23-14-15(24(17)8-4-7-21-18(25)26)13-11(9-27-20)5-3-6-12(13)22-16(14)19/h3,5-6,15,21-23H,4,7-9,19-20H2,1-2H3,(H,25,26). The van der Waals surface area contributed by atoms with Crippen molar-refractivity contribution in [2.75, 3.05) is 18.4 Å². The van der Waals surface area contributed by atoms with Crippen molar-refractivity contribution < 1.29 is 14.7 Å². The maximum Gasteiger partial charge on any atom is 0.404 e. The van der Waals surface area contributed by atoms with E-state index in [0.29, 0.717) is 25.3 Å². The van der Waals surface area contributed by atoms with Gasteiger partial charge in [-0.25, -0.2) is 10.7 Å². The lowest BCUT2D eigenvalue weighted by Gasteiger charge is -2.33. The summed E-state index contributed by atoms with van der Waals surface area (Å²) < 4.78 is 0. The zero-order valence-corrected chi connectivity index (χ0v) is 15.5. The first kappa shape index (κ1) is 18.9. The number of allylic oxidation sites excluding steroid dienone is 1. The van der Waals surface area contributed by atoms with E-state index in [1.807, 2.05) is 32.0 Å². The number of anilines is 1. The third-order valence-electron chi connectivity index (χ3n) is 4.72. The van der Waals surface area contributed by atoms with E-state index in [9.17, 15) is 4.79 Å². The number of nitrogens with zero attached hydrogens (tertiary/aromatic N) is 1. The molecule has 0 bridgehead atoms. The fourth-order valence-electron chi connectivity index (χ4n) is 3.64. The molecular formula is C18H26N6O3. The Morgan fingerprint density at radius 1 is 1.37 bits per heavy atom. The number of benzene rings is 1. The maximum absolute atomic E-state index is 10.7. The molecule has 0 saturated carbocycles. The van der Waals surface area contributed by atoms with Crippen LogP contribution in [0.4, 0.5) is 10.5 Å². The topological polar surface area (TPSA) is 138 Å². The van der Waals surface area contributed by atoms with E-state index >= 15 is 0 Å². The molecule has 0 aromatic heterocycles. The largest absolute Gasteiger partial charge is 0.465 e. The summed E-state index contributed by atoms with van der Waals surface area (Å²) in [6.07, 6.45) is -0.358. The number of rotatable bonds is 6. The SMILES string of the molecule is CC(C)=C1NC2=C(N)Nc3cccc(CON)c3C2N1CCCNC(=O)O. The zero-order chi connectivity index (χ0) is 19.6. The number of nitrogens with two attached hydrogens (primary N) is 2. The number of nitrogens with one attached hydrogen (secondary N) is 3. The van der Waals surface area contributed by atoms with E-state index in [4.69, 9.17) is 21.6 Å². The van der Waals surface area contributed by atoms with E-state index in [2.05, 4.69) is 20.9 Å². The fraction of sp³-hybridized carbons (Fsp3) is 0.389. The fourth-order valence-corrected chi connectivity index (χ4v) is 3.64. The molecule has 0 radical (unpaired) electrons. The number of hydrogen-bond donors (Lipinski definition) is 6. The van der Waals surface area contributed by atoms with Crippen molar-refractivity contribution in [3.8, 4) is 0 Å². The van der Waals surface area contributed by atoms with Crippen molar-refractivity contribution in [3.05, 3.63) is 52.2 Å². The van der Waals surface area contributed by atoms with E-state index in [-0.39, 0.29) is 12.6 Å². The van der Waals surface area contributed by atoms with Crippen molar-refractivity contribution >= 4 is 11.8 Å². The Morgan fingerprint density at radius 2 is 2.15 bits per heavy atom. The van der Waals surface area contributed by atoms with Gasteiger partial charge in [-0.1, -0.05) is 12.1 Å². The summed E-state index contributed by atoms with van der Waals surface area (Å²) in [5.41, 5.74) is 11.2. The van der Waals surface area contributed by atoms with Gasteiger partial charge in [-0.3, -0.25) is 4.84 Å². The average Bonchev–Trinajstić information content (AvgIpc) is 2.99. The van der Waals surface area contributed by atoms with Gasteiger partial charge in [-0.05, 0) is 37.5 Å². The predicted molar refractivity (Wildman–Crippen MR) is 102 cm³/mol. The summed E-state index contributed by atoms with van der Waals surface area (Å²) in [7, 11) is 0. The molecule has 27 heavy (non-hydrogen) atoms. The number of carbonyl (C=O) groups is 1. The number of amides is 1. The van der Waals surface area contributed by atoms with Gasteiger partial charge in [0.2, 0.25) is 0 Å². The molecule has 2 heterocycles. The summed E-state index contributed by atoms with van der Waals surface area (Å²) in [6, 6.07) is 5.78. The van der Waals surface area contributed by atoms with Crippen LogP contribution in [-0.2, 0) is 11.4 Å². The van der Waals surface area contributed by atoms with Crippen LogP contribution in [0.5, 0.6) is 0 Å². The highest BCUT2D eigenvalue weighted by molar-refractivity contribution is 5.66. The molecule has 1 atom stereocenters. The molecule has 0 aliphatic carbocycles. The third kappa shape index (κ3) is 3.64. The Labute approximate surface area is 158 Å². The average molecular weight is 374 g/mol. The quantitative estimate of drug-likeness (QED) is 0.325. The molecular weight excluding hydrogens is 348 g/mol. The van der Waals surface area contributed by atoms with Crippen LogP contribution in [0, 0.1) is 0 Å². The molecule has 9 nitrogen and oxygen atoms in total. The van der Waals surface area contributed by atoms with Gasteiger partial charge in [0.1, 0.15) is 17.7 Å². The molecule has 2 aliphatic rings. The van der Waals surface area contributed by atoms with Gasteiger partial charge < -0.3 is 31.7 Å². The lowest BCUT2D eigenvalue weighted by atomic mass is 9.93. The predicted octanol–water partition coefficient (Wildman–Crippen LogP) is 1.49. The highest BCUT2D eigenvalue weighted by Gasteiger charge is 2.40. The molecule has 1 aromatic rings. The van der Waals surface area contributed by atoms with Crippen LogP contribution in [-0.4, -0.2) is 29.2 Å². The second kappa shape index (κ2) is 7.77. The van der Waals surface area contributed by atoms with Crippen LogP contribution in [0.3, 0.4) is 0 Å². The molecule has 1 saturated heterocycles. The summed E-state index contributed by atoms with van der Waals surface area (Å²) in [5, 5.41) is 17.9. The molecule has 0 spiro atoms. The van der Waals surface area contributed by atoms with Crippen LogP contribution in [0.2, 0.25) is 0 Å². The van der Waals surface area contributed by atoms with Gasteiger partial charge in [0.15, 0.2) is 0 Å². The molecule has 146 valence electrons. The van der Waals surface area contributed by atoms with Crippen molar-refractivity contribution in [1.29, 1.82) is 0 Å². The Morgan fingerprint density at radius 3 is 2.81 bits per heavy atom. The second-order valence-corrected chi connectivity index (χ2v) is 6.80. The first-order valence-electron chi connectivity index (χ1n) is 8.82. The molecule has 2 aliphatic heterocycles. The molecule has 3 rings (SSSR count). The normalized spacial score (nSPS) is 17.8. The second-order valence-electron chi connectivity index (χ2n) is 6.80. The van der Waals surface area contributed by atoms with E-state index < -0.39 is 6.09 Å². The van der Waals surface area contributed by atoms with Gasteiger partial charge in [0.05, 0.1) is 12.3 Å². The number of carboxylic acid groups (broad SMARTS) is 1. The first-order chi connectivity index (χ1) is 12.9. The van der Waals surface area contributed by atoms with Gasteiger partial charge in [0.25, 0.3) is 0 Å². The smallest absolute Gasteiger partial charge is 0.404 e. The van der Waals surface area contributed by atoms with Crippen LogP contribution >= 0.6 is 0 Å². The van der Waals surface area contributed by atoms with Gasteiger partial charge >= 0.3 is 6.09 Å². The van der Waals surface area contributed by atoms with Crippen LogP contribution < -0.4 is 27.6 Å². The first-order valence-corrected chi connectivity index (χ1v) is 8.82. The van der Waals surface area contributed by atoms with Crippen LogP contribution in [0.25, 0.3) is 0 Å². The highest BCUT2D eigenvalue weighted by atomic mass is 16.6. The zero-order valence-electron chi connectivity index (χ0n) is 15.5. The monoisotopic (exact) mass is 374 g/mol. The molecule has 1 aromatic carbocycles. The summed E-state index contributed by atoms with van der Waals surface area (Å²) in [4.78, 5) is 17.8. The molecule has 1 fully saturated rings. The van der Waals surface area contributed by atoms with E-state index in [0.717, 1.165) is 33.9 Å². The minimum absolute atomic E-state index is 0.109. The minimum atomic E-state index is -1.02. The van der Waals surface area contributed by atoms with Gasteiger partial charge in [0, 0.05) is 24.3 Å². The lowest BCUT2D eigenvalue weighted by molar-refractivity contribution is 0.122. The van der Waals surface area contributed by atoms with Gasteiger partial charge in [-0.2, -0.15) is 0 Å². The molecule has 8 N–H and O–H groups in total. The van der Waals surface area contributed by atoms with Crippen molar-refractivity contribution in [2.45, 2.75) is 32.9 Å². The summed E-state index contributed by atoms with van der Waals surface area (Å²) in [5.74, 6) is 6.89. The number of hydrogen-bond acceptors (Lipinski definition) is 7. The van der Waals surface area contributed by atoms with Crippen molar-refractivity contribution in [2.24, 2.45) is 11.6 Å². The van der Waals surface area contributed by atoms with E-state index in [1.165, 1.54) is 0 Å². The third-order valence-corrected chi connectivity index (χ3v) is 4.72. The molecule has 1 unspecified atom stereocenters. The number of fused-ring (bicyclic) bond motifs is 3. The minimum Gasteiger partial charge on any atom is -0.465 e. The molecule has 1 amide bonds. The summed E-state index contributed by atoms with van der Waals surface area (Å²) >= 11 is 0. The van der Waals surface area contributed by atoms with Crippen molar-refractivity contribution in [1.82, 2.24) is 15.5 Å². The molecule has 9 heteroatoms. The van der Waals surface area contributed by atoms with Crippen molar-refractivity contribution in [3.63, 3.8) is 0 Å². The van der Waals surface area contributed by atoms with Crippen LogP contribution in [0.15, 0.2) is 41.1 Å². The highest BCUT2D eigenvalue weighted by Crippen LogP contribution is 2.45. The van der Waals surface area contributed by atoms with E-state index in [1.54, 1.807) is 0 Å². The maximum atomic E-state index is 10.7. The Kier molecular flexibility index (Phi) is 5.43. The van der Waals surface area contributed by atoms with Gasteiger partial charge in [-0.15, -0.1) is 0 Å². The summed E-state index contributed by atoms with van der Waals surface area (Å²) in [6.45, 7) is 5.38. The lowest BCUT2D eigenvalue weighted by Crippen LogP contribution is -2.32. The Bertz CT molecular complexity index is 800. The Hall–Kier alpha value is -2.91. The van der Waals surface area contributed by atoms with Crippen LogP contribution in [0.1, 0.15) is 37.4 Å².